The smallest absolute Gasteiger partial charge is 0.156 e. The van der Waals surface area contributed by atoms with Crippen molar-refractivity contribution in [2.75, 3.05) is 39.8 Å². The molecular weight excluding hydrogens is 288 g/mol. The molecule has 0 atom stereocenters. The van der Waals surface area contributed by atoms with Gasteiger partial charge >= 0.3 is 0 Å². The van der Waals surface area contributed by atoms with Crippen molar-refractivity contribution in [3.8, 4) is 5.75 Å². The average molecular weight is 318 g/mol. The highest BCUT2D eigenvalue weighted by Gasteiger charge is 2.31. The van der Waals surface area contributed by atoms with Gasteiger partial charge in [0.15, 0.2) is 5.75 Å². The van der Waals surface area contributed by atoms with Crippen LogP contribution in [0, 0.1) is 5.92 Å². The Morgan fingerprint density at radius 1 is 1.13 bits per heavy atom. The van der Waals surface area contributed by atoms with E-state index in [1.807, 2.05) is 12.4 Å². The maximum absolute atomic E-state index is 5.98. The number of ether oxygens (including phenoxy) is 1. The van der Waals surface area contributed by atoms with E-state index in [2.05, 4.69) is 47.6 Å². The van der Waals surface area contributed by atoms with Crippen molar-refractivity contribution in [1.29, 1.82) is 0 Å². The predicted octanol–water partition coefficient (Wildman–Crippen LogP) is 2.18. The second-order valence-corrected chi connectivity index (χ2v) is 8.20. The molecule has 2 saturated heterocycles. The first-order chi connectivity index (χ1) is 10.9. The van der Waals surface area contributed by atoms with E-state index < -0.39 is 0 Å². The molecule has 0 unspecified atom stereocenters. The summed E-state index contributed by atoms with van der Waals surface area (Å²) in [6, 6.07) is 0. The topological polar surface area (TPSA) is 41.5 Å². The molecular formula is C18H30N4O. The Labute approximate surface area is 140 Å². The lowest BCUT2D eigenvalue weighted by Crippen LogP contribution is -2.55. The molecule has 0 amide bonds. The van der Waals surface area contributed by atoms with E-state index in [1.165, 1.54) is 32.5 Å². The zero-order valence-corrected chi connectivity index (χ0v) is 15.0. The van der Waals surface area contributed by atoms with Gasteiger partial charge in [-0.15, -0.1) is 0 Å². The summed E-state index contributed by atoms with van der Waals surface area (Å²) >= 11 is 0. The van der Waals surface area contributed by atoms with Gasteiger partial charge in [0.1, 0.15) is 11.9 Å². The van der Waals surface area contributed by atoms with E-state index in [0.29, 0.717) is 6.10 Å². The lowest BCUT2D eigenvalue weighted by atomic mass is 9.95. The van der Waals surface area contributed by atoms with Crippen LogP contribution in [-0.4, -0.2) is 65.6 Å². The lowest BCUT2D eigenvalue weighted by Gasteiger charge is -2.42. The van der Waals surface area contributed by atoms with E-state index in [0.717, 1.165) is 30.6 Å². The normalized spacial score (nSPS) is 22.1. The number of hydrogen-bond donors (Lipinski definition) is 0. The summed E-state index contributed by atoms with van der Waals surface area (Å²) in [5, 5.41) is 0. The molecule has 0 aliphatic carbocycles. The van der Waals surface area contributed by atoms with E-state index in [1.54, 1.807) is 0 Å². The zero-order valence-electron chi connectivity index (χ0n) is 15.0. The highest BCUT2D eigenvalue weighted by molar-refractivity contribution is 5.16. The standard InChI is InChI=1S/C18H30N4O/c1-18(2,3)17-19-9-15(10-20-17)23-16-12-22(13-16)11-14-5-7-21(4)8-6-14/h9-10,14,16H,5-8,11-13H2,1-4H3. The Morgan fingerprint density at radius 2 is 1.74 bits per heavy atom. The summed E-state index contributed by atoms with van der Waals surface area (Å²) < 4.78 is 5.98. The van der Waals surface area contributed by atoms with Crippen molar-refractivity contribution in [1.82, 2.24) is 19.8 Å². The Balaban J connectivity index is 1.40. The van der Waals surface area contributed by atoms with Gasteiger partial charge in [-0.05, 0) is 38.9 Å². The van der Waals surface area contributed by atoms with Crippen LogP contribution in [-0.2, 0) is 5.41 Å². The average Bonchev–Trinajstić information content (AvgIpc) is 2.47. The molecule has 2 aliphatic heterocycles. The molecule has 0 spiro atoms. The molecule has 2 aliphatic rings. The number of likely N-dealkylation sites (tertiary alicyclic amines) is 2. The molecule has 3 rings (SSSR count). The van der Waals surface area contributed by atoms with Crippen LogP contribution in [0.4, 0.5) is 0 Å². The zero-order chi connectivity index (χ0) is 16.4. The highest BCUT2D eigenvalue weighted by atomic mass is 16.5. The van der Waals surface area contributed by atoms with Crippen LogP contribution < -0.4 is 4.74 Å². The fourth-order valence-electron chi connectivity index (χ4n) is 3.31. The predicted molar refractivity (Wildman–Crippen MR) is 91.8 cm³/mol. The first-order valence-electron chi connectivity index (χ1n) is 8.80. The first kappa shape index (κ1) is 16.7. The summed E-state index contributed by atoms with van der Waals surface area (Å²) in [4.78, 5) is 13.8. The van der Waals surface area contributed by atoms with Crippen LogP contribution in [0.1, 0.15) is 39.4 Å². The molecule has 128 valence electrons. The molecule has 5 nitrogen and oxygen atoms in total. The molecule has 0 N–H and O–H groups in total. The third-order valence-corrected chi connectivity index (χ3v) is 4.88. The molecule has 1 aromatic heterocycles. The summed E-state index contributed by atoms with van der Waals surface area (Å²) in [5.74, 6) is 2.52. The maximum atomic E-state index is 5.98. The SMILES string of the molecule is CN1CCC(CN2CC(Oc3cnc(C(C)(C)C)nc3)C2)CC1. The van der Waals surface area contributed by atoms with Crippen molar-refractivity contribution in [2.24, 2.45) is 5.92 Å². The van der Waals surface area contributed by atoms with E-state index in [-0.39, 0.29) is 5.41 Å². The summed E-state index contributed by atoms with van der Waals surface area (Å²) in [7, 11) is 2.22. The number of rotatable bonds is 4. The second-order valence-electron chi connectivity index (χ2n) is 8.20. The number of aromatic nitrogens is 2. The molecule has 5 heteroatoms. The fourth-order valence-corrected chi connectivity index (χ4v) is 3.31. The third kappa shape index (κ3) is 4.42. The fraction of sp³-hybridized carbons (Fsp3) is 0.778. The Bertz CT molecular complexity index is 497. The minimum absolute atomic E-state index is 0.0140. The number of piperidine rings is 1. The Hall–Kier alpha value is -1.20. The van der Waals surface area contributed by atoms with E-state index in [4.69, 9.17) is 4.74 Å². The Kier molecular flexibility index (Phi) is 4.87. The lowest BCUT2D eigenvalue weighted by molar-refractivity contribution is 0.00367. The van der Waals surface area contributed by atoms with Crippen LogP contribution >= 0.6 is 0 Å². The molecule has 23 heavy (non-hydrogen) atoms. The molecule has 1 aromatic rings. The van der Waals surface area contributed by atoms with Gasteiger partial charge in [-0.25, -0.2) is 9.97 Å². The maximum Gasteiger partial charge on any atom is 0.156 e. The van der Waals surface area contributed by atoms with Gasteiger partial charge < -0.3 is 9.64 Å². The van der Waals surface area contributed by atoms with Crippen LogP contribution in [0.2, 0.25) is 0 Å². The monoisotopic (exact) mass is 318 g/mol. The van der Waals surface area contributed by atoms with Crippen molar-refractivity contribution in [2.45, 2.75) is 45.1 Å². The first-order valence-corrected chi connectivity index (χ1v) is 8.80. The molecule has 3 heterocycles. The molecule has 0 radical (unpaired) electrons. The number of hydrogen-bond acceptors (Lipinski definition) is 5. The van der Waals surface area contributed by atoms with Crippen molar-refractivity contribution < 1.29 is 4.74 Å². The van der Waals surface area contributed by atoms with Crippen LogP contribution in [0.3, 0.4) is 0 Å². The van der Waals surface area contributed by atoms with Gasteiger partial charge in [0.2, 0.25) is 0 Å². The molecule has 0 saturated carbocycles. The molecule has 0 aromatic carbocycles. The van der Waals surface area contributed by atoms with Gasteiger partial charge in [0.05, 0.1) is 12.4 Å². The van der Waals surface area contributed by atoms with Crippen molar-refractivity contribution >= 4 is 0 Å². The van der Waals surface area contributed by atoms with Gasteiger partial charge in [-0.3, -0.25) is 4.90 Å². The van der Waals surface area contributed by atoms with Gasteiger partial charge in [0.25, 0.3) is 0 Å². The molecule has 0 bridgehead atoms. The Morgan fingerprint density at radius 3 is 2.30 bits per heavy atom. The largest absolute Gasteiger partial charge is 0.485 e. The highest BCUT2D eigenvalue weighted by Crippen LogP contribution is 2.23. The van der Waals surface area contributed by atoms with Gasteiger partial charge in [0, 0.05) is 25.0 Å². The van der Waals surface area contributed by atoms with Crippen LogP contribution in [0.25, 0.3) is 0 Å². The van der Waals surface area contributed by atoms with Crippen molar-refractivity contribution in [3.63, 3.8) is 0 Å². The minimum atomic E-state index is -0.0140. The summed E-state index contributed by atoms with van der Waals surface area (Å²) in [6.45, 7) is 12.2. The minimum Gasteiger partial charge on any atom is -0.485 e. The van der Waals surface area contributed by atoms with Crippen molar-refractivity contribution in [3.05, 3.63) is 18.2 Å². The quantitative estimate of drug-likeness (QED) is 0.851. The second kappa shape index (κ2) is 6.73. The third-order valence-electron chi connectivity index (χ3n) is 4.88. The summed E-state index contributed by atoms with van der Waals surface area (Å²) in [5.41, 5.74) is -0.0140. The van der Waals surface area contributed by atoms with Crippen LogP contribution in [0.15, 0.2) is 12.4 Å². The molecule has 2 fully saturated rings. The number of nitrogens with zero attached hydrogens (tertiary/aromatic N) is 4. The van der Waals surface area contributed by atoms with E-state index in [9.17, 15) is 0 Å². The summed E-state index contributed by atoms with van der Waals surface area (Å²) in [6.07, 6.45) is 6.59. The van der Waals surface area contributed by atoms with Gasteiger partial charge in [-0.2, -0.15) is 0 Å². The van der Waals surface area contributed by atoms with Gasteiger partial charge in [-0.1, -0.05) is 20.8 Å². The van der Waals surface area contributed by atoms with Crippen LogP contribution in [0.5, 0.6) is 5.75 Å². The van der Waals surface area contributed by atoms with E-state index >= 15 is 0 Å².